The Balaban J connectivity index is 1.90. The van der Waals surface area contributed by atoms with E-state index >= 15 is 0 Å². The summed E-state index contributed by atoms with van der Waals surface area (Å²) in [4.78, 5) is 2.50. The van der Waals surface area contributed by atoms with E-state index in [0.29, 0.717) is 0 Å². The zero-order valence-electron chi connectivity index (χ0n) is 11.0. The molecule has 0 bridgehead atoms. The van der Waals surface area contributed by atoms with Crippen molar-refractivity contribution in [2.75, 3.05) is 38.5 Å². The van der Waals surface area contributed by atoms with Crippen LogP contribution < -0.4 is 5.32 Å². The predicted octanol–water partition coefficient (Wildman–Crippen LogP) is 2.59. The molecule has 0 aromatic rings. The number of nitrogens with zero attached hydrogens (tertiary/aromatic N) is 1. The molecule has 0 aromatic heterocycles. The molecule has 0 saturated carbocycles. The molecule has 1 saturated heterocycles. The topological polar surface area (TPSA) is 15.3 Å². The lowest BCUT2D eigenvalue weighted by Gasteiger charge is -2.22. The van der Waals surface area contributed by atoms with Gasteiger partial charge >= 0.3 is 0 Å². The number of hydrogen-bond acceptors (Lipinski definition) is 3. The molecule has 0 amide bonds. The molecular formula is C13H28N2S. The highest BCUT2D eigenvalue weighted by Crippen LogP contribution is 2.24. The summed E-state index contributed by atoms with van der Waals surface area (Å²) < 4.78 is 0. The van der Waals surface area contributed by atoms with Gasteiger partial charge in [0, 0.05) is 11.8 Å². The first-order valence-corrected chi connectivity index (χ1v) is 7.96. The number of thioether (sulfide) groups is 1. The van der Waals surface area contributed by atoms with Crippen LogP contribution in [0.5, 0.6) is 0 Å². The minimum atomic E-state index is 0.891. The van der Waals surface area contributed by atoms with Crippen molar-refractivity contribution < 1.29 is 0 Å². The largest absolute Gasteiger partial charge is 0.316 e. The van der Waals surface area contributed by atoms with Crippen molar-refractivity contribution in [1.82, 2.24) is 10.2 Å². The Morgan fingerprint density at radius 2 is 2.06 bits per heavy atom. The van der Waals surface area contributed by atoms with Crippen LogP contribution in [0.4, 0.5) is 0 Å². The maximum atomic E-state index is 3.61. The van der Waals surface area contributed by atoms with Crippen LogP contribution in [-0.4, -0.2) is 48.6 Å². The maximum Gasteiger partial charge on any atom is 0.0172 e. The summed E-state index contributed by atoms with van der Waals surface area (Å²) in [6, 6.07) is 0. The highest BCUT2D eigenvalue weighted by molar-refractivity contribution is 7.99. The van der Waals surface area contributed by atoms with Crippen LogP contribution in [0.1, 0.15) is 39.5 Å². The molecular weight excluding hydrogens is 216 g/mol. The highest BCUT2D eigenvalue weighted by Gasteiger charge is 2.12. The molecule has 16 heavy (non-hydrogen) atoms. The van der Waals surface area contributed by atoms with Crippen LogP contribution in [-0.2, 0) is 0 Å². The van der Waals surface area contributed by atoms with E-state index in [2.05, 4.69) is 35.8 Å². The fraction of sp³-hybridized carbons (Fsp3) is 1.00. The maximum absolute atomic E-state index is 3.61. The zero-order chi connectivity index (χ0) is 11.6. The zero-order valence-corrected chi connectivity index (χ0v) is 11.8. The Hall–Kier alpha value is 0.270. The lowest BCUT2D eigenvalue weighted by molar-refractivity contribution is 0.298. The summed E-state index contributed by atoms with van der Waals surface area (Å²) in [7, 11) is 0. The molecule has 0 aromatic carbocycles. The molecule has 1 heterocycles. The van der Waals surface area contributed by atoms with Gasteiger partial charge in [0.05, 0.1) is 0 Å². The number of rotatable bonds is 8. The standard InChI is InChI=1S/C13H28N2S/c1-3-15(4-2)10-7-9-14-12-13-8-5-6-11-16-13/h13-14H,3-12H2,1-2H3. The van der Waals surface area contributed by atoms with E-state index in [1.54, 1.807) is 0 Å². The average Bonchev–Trinajstić information content (AvgIpc) is 2.35. The van der Waals surface area contributed by atoms with Crippen molar-refractivity contribution >= 4 is 11.8 Å². The lowest BCUT2D eigenvalue weighted by Crippen LogP contribution is -2.30. The van der Waals surface area contributed by atoms with Crippen molar-refractivity contribution in [3.63, 3.8) is 0 Å². The van der Waals surface area contributed by atoms with Gasteiger partial charge in [-0.25, -0.2) is 0 Å². The van der Waals surface area contributed by atoms with Gasteiger partial charge in [-0.15, -0.1) is 0 Å². The third-order valence-corrected chi connectivity index (χ3v) is 4.77. The van der Waals surface area contributed by atoms with Crippen LogP contribution >= 0.6 is 11.8 Å². The van der Waals surface area contributed by atoms with Crippen LogP contribution in [0.2, 0.25) is 0 Å². The van der Waals surface area contributed by atoms with E-state index in [0.717, 1.165) is 5.25 Å². The van der Waals surface area contributed by atoms with Gasteiger partial charge in [-0.2, -0.15) is 11.8 Å². The van der Waals surface area contributed by atoms with Gasteiger partial charge in [0.2, 0.25) is 0 Å². The Bertz CT molecular complexity index is 154. The fourth-order valence-corrected chi connectivity index (χ4v) is 3.47. The molecule has 0 spiro atoms. The quantitative estimate of drug-likeness (QED) is 0.661. The van der Waals surface area contributed by atoms with Gasteiger partial charge in [0.1, 0.15) is 0 Å². The number of nitrogens with one attached hydrogen (secondary N) is 1. The molecule has 1 aliphatic heterocycles. The number of hydrogen-bond donors (Lipinski definition) is 1. The lowest BCUT2D eigenvalue weighted by atomic mass is 10.2. The molecule has 1 atom stereocenters. The second-order valence-electron chi connectivity index (χ2n) is 4.57. The Morgan fingerprint density at radius 3 is 2.69 bits per heavy atom. The van der Waals surface area contributed by atoms with Crippen LogP contribution in [0.15, 0.2) is 0 Å². The van der Waals surface area contributed by atoms with Gasteiger partial charge < -0.3 is 10.2 Å². The summed E-state index contributed by atoms with van der Waals surface area (Å²) in [5, 5.41) is 4.50. The van der Waals surface area contributed by atoms with Gasteiger partial charge in [-0.05, 0) is 51.2 Å². The van der Waals surface area contributed by atoms with E-state index in [1.807, 2.05) is 0 Å². The molecule has 96 valence electrons. The van der Waals surface area contributed by atoms with E-state index in [9.17, 15) is 0 Å². The Kier molecular flexibility index (Phi) is 8.34. The summed E-state index contributed by atoms with van der Waals surface area (Å²) >= 11 is 2.16. The second-order valence-corrected chi connectivity index (χ2v) is 5.98. The van der Waals surface area contributed by atoms with E-state index < -0.39 is 0 Å². The Morgan fingerprint density at radius 1 is 1.25 bits per heavy atom. The van der Waals surface area contributed by atoms with E-state index in [-0.39, 0.29) is 0 Å². The van der Waals surface area contributed by atoms with Gasteiger partial charge in [-0.3, -0.25) is 0 Å². The second kappa shape index (κ2) is 9.32. The molecule has 2 nitrogen and oxygen atoms in total. The highest BCUT2D eigenvalue weighted by atomic mass is 32.2. The van der Waals surface area contributed by atoms with Crippen molar-refractivity contribution in [3.05, 3.63) is 0 Å². The normalized spacial score (nSPS) is 21.6. The van der Waals surface area contributed by atoms with Gasteiger partial charge in [0.25, 0.3) is 0 Å². The molecule has 1 fully saturated rings. The molecule has 1 aliphatic rings. The van der Waals surface area contributed by atoms with Crippen LogP contribution in [0.3, 0.4) is 0 Å². The minimum Gasteiger partial charge on any atom is -0.316 e. The third-order valence-electron chi connectivity index (χ3n) is 3.37. The van der Waals surface area contributed by atoms with Gasteiger partial charge in [0.15, 0.2) is 0 Å². The SMILES string of the molecule is CCN(CC)CCCNCC1CCCCS1. The summed E-state index contributed by atoms with van der Waals surface area (Å²) in [5.41, 5.74) is 0. The van der Waals surface area contributed by atoms with Crippen molar-refractivity contribution in [1.29, 1.82) is 0 Å². The summed E-state index contributed by atoms with van der Waals surface area (Å²) in [6.45, 7) is 10.5. The van der Waals surface area contributed by atoms with Crippen LogP contribution in [0.25, 0.3) is 0 Å². The van der Waals surface area contributed by atoms with Gasteiger partial charge in [-0.1, -0.05) is 20.3 Å². The van der Waals surface area contributed by atoms with Crippen molar-refractivity contribution in [3.8, 4) is 0 Å². The fourth-order valence-electron chi connectivity index (χ4n) is 2.20. The minimum absolute atomic E-state index is 0.891. The van der Waals surface area contributed by atoms with Crippen molar-refractivity contribution in [2.24, 2.45) is 0 Å². The van der Waals surface area contributed by atoms with Crippen LogP contribution in [0, 0.1) is 0 Å². The molecule has 3 heteroatoms. The molecule has 1 rings (SSSR count). The molecule has 0 radical (unpaired) electrons. The predicted molar refractivity (Wildman–Crippen MR) is 75.4 cm³/mol. The first-order valence-electron chi connectivity index (χ1n) is 6.91. The van der Waals surface area contributed by atoms with E-state index in [1.165, 1.54) is 64.2 Å². The van der Waals surface area contributed by atoms with Crippen molar-refractivity contribution in [2.45, 2.75) is 44.8 Å². The molecule has 1 N–H and O–H groups in total. The Labute approximate surface area is 106 Å². The summed E-state index contributed by atoms with van der Waals surface area (Å²) in [5.74, 6) is 1.38. The smallest absolute Gasteiger partial charge is 0.0172 e. The summed E-state index contributed by atoms with van der Waals surface area (Å²) in [6.07, 6.45) is 5.59. The first-order chi connectivity index (χ1) is 7.86. The molecule has 1 unspecified atom stereocenters. The first kappa shape index (κ1) is 14.3. The third kappa shape index (κ3) is 6.12. The monoisotopic (exact) mass is 244 g/mol. The average molecular weight is 244 g/mol. The molecule has 0 aliphatic carbocycles. The van der Waals surface area contributed by atoms with E-state index in [4.69, 9.17) is 0 Å².